The fourth-order valence-electron chi connectivity index (χ4n) is 2.25. The summed E-state index contributed by atoms with van der Waals surface area (Å²) >= 11 is 0. The lowest BCUT2D eigenvalue weighted by Crippen LogP contribution is -2.44. The number of rotatable bonds is 2. The Kier molecular flexibility index (Phi) is 6.46. The third kappa shape index (κ3) is 3.60. The second kappa shape index (κ2) is 7.61. The third-order valence-corrected chi connectivity index (χ3v) is 3.18. The van der Waals surface area contributed by atoms with Gasteiger partial charge in [0.2, 0.25) is 0 Å². The highest BCUT2D eigenvalue weighted by Gasteiger charge is 2.17. The highest BCUT2D eigenvalue weighted by atomic mass is 127. The second-order valence-corrected chi connectivity index (χ2v) is 4.41. The molecule has 1 aromatic rings. The van der Waals surface area contributed by atoms with E-state index in [1.165, 1.54) is 11.1 Å². The summed E-state index contributed by atoms with van der Waals surface area (Å²) in [6, 6.07) is 8.69. The molecule has 0 aromatic heterocycles. The molecule has 0 aliphatic carbocycles. The minimum Gasteiger partial charge on any atom is -0.356 e. The van der Waals surface area contributed by atoms with Crippen molar-refractivity contribution < 1.29 is 0 Å². The zero-order valence-electron chi connectivity index (χ0n) is 11.1. The van der Waals surface area contributed by atoms with Crippen LogP contribution >= 0.6 is 24.0 Å². The van der Waals surface area contributed by atoms with E-state index < -0.39 is 0 Å². The quantitative estimate of drug-likeness (QED) is 0.500. The number of hydrogen-bond donors (Lipinski definition) is 1. The molecule has 0 spiro atoms. The molecule has 1 aromatic carbocycles. The summed E-state index contributed by atoms with van der Waals surface area (Å²) in [6.45, 7) is 5.19. The van der Waals surface area contributed by atoms with Gasteiger partial charge in [-0.1, -0.05) is 31.2 Å². The highest BCUT2D eigenvalue weighted by Crippen LogP contribution is 2.18. The average Bonchev–Trinajstić information content (AvgIpc) is 2.39. The first-order valence-electron chi connectivity index (χ1n) is 6.37. The fraction of sp³-hybridized carbons (Fsp3) is 0.500. The van der Waals surface area contributed by atoms with Gasteiger partial charge in [-0.3, -0.25) is 4.99 Å². The van der Waals surface area contributed by atoms with Crippen LogP contribution in [0.2, 0.25) is 0 Å². The van der Waals surface area contributed by atoms with Gasteiger partial charge in [-0.05, 0) is 24.0 Å². The molecule has 0 saturated carbocycles. The zero-order valence-corrected chi connectivity index (χ0v) is 13.5. The average molecular weight is 359 g/mol. The molecule has 0 amide bonds. The van der Waals surface area contributed by atoms with Gasteiger partial charge in [0, 0.05) is 26.7 Å². The molecule has 100 valence electrons. The van der Waals surface area contributed by atoms with E-state index in [9.17, 15) is 0 Å². The third-order valence-electron chi connectivity index (χ3n) is 3.18. The van der Waals surface area contributed by atoms with Crippen molar-refractivity contribution in [3.8, 4) is 0 Å². The summed E-state index contributed by atoms with van der Waals surface area (Å²) in [5, 5.41) is 3.40. The predicted molar refractivity (Wildman–Crippen MR) is 87.6 cm³/mol. The Morgan fingerprint density at radius 1 is 1.33 bits per heavy atom. The molecule has 1 aliphatic rings. The maximum absolute atomic E-state index is 4.35. The van der Waals surface area contributed by atoms with Crippen LogP contribution in [0.3, 0.4) is 0 Å². The van der Waals surface area contributed by atoms with E-state index >= 15 is 0 Å². The van der Waals surface area contributed by atoms with Crippen molar-refractivity contribution in [3.05, 3.63) is 35.4 Å². The topological polar surface area (TPSA) is 27.6 Å². The molecule has 0 fully saturated rings. The lowest BCUT2D eigenvalue weighted by Gasteiger charge is -2.31. The standard InChI is InChI=1S/C14H21N3.HI/c1-3-9-16-14(15-2)17-10-8-12-6-4-5-7-13(12)11-17;/h4-7H,3,8-11H2,1-2H3,(H,15,16);1H. The molecule has 0 radical (unpaired) electrons. The van der Waals surface area contributed by atoms with E-state index in [2.05, 4.69) is 46.4 Å². The van der Waals surface area contributed by atoms with E-state index in [1.54, 1.807) is 0 Å². The molecule has 0 bridgehead atoms. The molecule has 1 heterocycles. The Bertz CT molecular complexity index is 404. The van der Waals surface area contributed by atoms with Crippen molar-refractivity contribution in [1.29, 1.82) is 0 Å². The van der Waals surface area contributed by atoms with Crippen molar-refractivity contribution in [1.82, 2.24) is 10.2 Å². The molecule has 2 rings (SSSR count). The SMILES string of the molecule is CCCNC(=NC)N1CCc2ccccc2C1.I. The number of halogens is 1. The molecular formula is C14H22IN3. The molecule has 1 N–H and O–H groups in total. The van der Waals surface area contributed by atoms with Gasteiger partial charge >= 0.3 is 0 Å². The van der Waals surface area contributed by atoms with E-state index in [0.29, 0.717) is 0 Å². The van der Waals surface area contributed by atoms with Gasteiger partial charge in [0.25, 0.3) is 0 Å². The smallest absolute Gasteiger partial charge is 0.193 e. The van der Waals surface area contributed by atoms with Crippen LogP contribution in [0.25, 0.3) is 0 Å². The van der Waals surface area contributed by atoms with Crippen LogP contribution < -0.4 is 5.32 Å². The zero-order chi connectivity index (χ0) is 12.1. The number of hydrogen-bond acceptors (Lipinski definition) is 1. The molecule has 0 atom stereocenters. The van der Waals surface area contributed by atoms with Crippen LogP contribution in [0.4, 0.5) is 0 Å². The predicted octanol–water partition coefficient (Wildman–Crippen LogP) is 2.65. The molecular weight excluding hydrogens is 337 g/mol. The highest BCUT2D eigenvalue weighted by molar-refractivity contribution is 14.0. The maximum Gasteiger partial charge on any atom is 0.193 e. The summed E-state index contributed by atoms with van der Waals surface area (Å²) in [4.78, 5) is 6.68. The Balaban J connectivity index is 0.00000162. The summed E-state index contributed by atoms with van der Waals surface area (Å²) in [5.41, 5.74) is 2.91. The molecule has 0 saturated heterocycles. The van der Waals surface area contributed by atoms with Gasteiger partial charge in [-0.25, -0.2) is 0 Å². The van der Waals surface area contributed by atoms with Crippen LogP contribution in [0, 0.1) is 0 Å². The van der Waals surface area contributed by atoms with Gasteiger partial charge < -0.3 is 10.2 Å². The lowest BCUT2D eigenvalue weighted by atomic mass is 10.0. The normalized spacial score (nSPS) is 14.8. The summed E-state index contributed by atoms with van der Waals surface area (Å²) < 4.78 is 0. The number of benzene rings is 1. The largest absolute Gasteiger partial charge is 0.356 e. The molecule has 0 unspecified atom stereocenters. The molecule has 3 nitrogen and oxygen atoms in total. The Labute approximate surface area is 127 Å². The van der Waals surface area contributed by atoms with Crippen molar-refractivity contribution in [2.75, 3.05) is 20.1 Å². The summed E-state index contributed by atoms with van der Waals surface area (Å²) in [6.07, 6.45) is 2.24. The van der Waals surface area contributed by atoms with Crippen molar-refractivity contribution in [3.63, 3.8) is 0 Å². The number of aliphatic imine (C=N–C) groups is 1. The van der Waals surface area contributed by atoms with Crippen LogP contribution in [0.5, 0.6) is 0 Å². The molecule has 1 aliphatic heterocycles. The first-order valence-corrected chi connectivity index (χ1v) is 6.37. The number of fused-ring (bicyclic) bond motifs is 1. The number of nitrogens with one attached hydrogen (secondary N) is 1. The first-order chi connectivity index (χ1) is 8.35. The lowest BCUT2D eigenvalue weighted by molar-refractivity contribution is 0.379. The minimum atomic E-state index is 0. The number of guanidine groups is 1. The fourth-order valence-corrected chi connectivity index (χ4v) is 2.25. The van der Waals surface area contributed by atoms with Crippen LogP contribution in [0.15, 0.2) is 29.3 Å². The van der Waals surface area contributed by atoms with E-state index in [0.717, 1.165) is 38.4 Å². The van der Waals surface area contributed by atoms with E-state index in [1.807, 2.05) is 7.05 Å². The van der Waals surface area contributed by atoms with Gasteiger partial charge in [0.05, 0.1) is 0 Å². The molecule has 18 heavy (non-hydrogen) atoms. The van der Waals surface area contributed by atoms with Gasteiger partial charge in [0.1, 0.15) is 0 Å². The second-order valence-electron chi connectivity index (χ2n) is 4.41. The van der Waals surface area contributed by atoms with Crippen LogP contribution in [-0.4, -0.2) is 31.0 Å². The maximum atomic E-state index is 4.35. The summed E-state index contributed by atoms with van der Waals surface area (Å²) in [5.74, 6) is 1.03. The van der Waals surface area contributed by atoms with Crippen LogP contribution in [0.1, 0.15) is 24.5 Å². The monoisotopic (exact) mass is 359 g/mol. The number of nitrogens with zero attached hydrogens (tertiary/aromatic N) is 2. The Morgan fingerprint density at radius 2 is 2.06 bits per heavy atom. The van der Waals surface area contributed by atoms with Gasteiger partial charge in [-0.2, -0.15) is 0 Å². The van der Waals surface area contributed by atoms with Crippen LogP contribution in [-0.2, 0) is 13.0 Å². The van der Waals surface area contributed by atoms with E-state index in [-0.39, 0.29) is 24.0 Å². The first kappa shape index (κ1) is 15.3. The Morgan fingerprint density at radius 3 is 2.72 bits per heavy atom. The van der Waals surface area contributed by atoms with E-state index in [4.69, 9.17) is 0 Å². The Hall–Kier alpha value is -0.780. The van der Waals surface area contributed by atoms with Crippen molar-refractivity contribution >= 4 is 29.9 Å². The van der Waals surface area contributed by atoms with Gasteiger partial charge in [-0.15, -0.1) is 24.0 Å². The summed E-state index contributed by atoms with van der Waals surface area (Å²) in [7, 11) is 1.86. The van der Waals surface area contributed by atoms with Crippen molar-refractivity contribution in [2.45, 2.75) is 26.3 Å². The van der Waals surface area contributed by atoms with Gasteiger partial charge in [0.15, 0.2) is 5.96 Å². The minimum absolute atomic E-state index is 0. The molecule has 4 heteroatoms. The van der Waals surface area contributed by atoms with Crippen molar-refractivity contribution in [2.24, 2.45) is 4.99 Å².